The highest BCUT2D eigenvalue weighted by molar-refractivity contribution is 5.01. The van der Waals surface area contributed by atoms with Crippen molar-refractivity contribution in [2.75, 3.05) is 0 Å². The zero-order valence-electron chi connectivity index (χ0n) is 14.7. The summed E-state index contributed by atoms with van der Waals surface area (Å²) in [5, 5.41) is 7.85. The quantitative estimate of drug-likeness (QED) is 0.800. The second kappa shape index (κ2) is 5.61. The van der Waals surface area contributed by atoms with Gasteiger partial charge in [-0.3, -0.25) is 0 Å². The van der Waals surface area contributed by atoms with Crippen LogP contribution in [0.1, 0.15) is 74.1 Å². The summed E-state index contributed by atoms with van der Waals surface area (Å²) < 4.78 is 0. The predicted molar refractivity (Wildman–Crippen MR) is 88.0 cm³/mol. The van der Waals surface area contributed by atoms with Crippen LogP contribution in [0, 0.1) is 17.8 Å². The molecule has 2 rings (SSSR count). The second-order valence-corrected chi connectivity index (χ2v) is 9.08. The van der Waals surface area contributed by atoms with E-state index in [1.165, 1.54) is 25.7 Å². The van der Waals surface area contributed by atoms with Crippen LogP contribution in [0.25, 0.3) is 0 Å². The topological polar surface area (TPSA) is 24.1 Å². The van der Waals surface area contributed by atoms with Crippen molar-refractivity contribution in [2.24, 2.45) is 17.8 Å². The first-order chi connectivity index (χ1) is 9.10. The third-order valence-electron chi connectivity index (χ3n) is 5.77. The molecule has 2 nitrogen and oxygen atoms in total. The van der Waals surface area contributed by atoms with Crippen molar-refractivity contribution < 1.29 is 0 Å². The average Bonchev–Trinajstić information content (AvgIpc) is 2.25. The molecule has 2 N–H and O–H groups in total. The summed E-state index contributed by atoms with van der Waals surface area (Å²) in [6, 6.07) is 1.36. The van der Waals surface area contributed by atoms with E-state index in [-0.39, 0.29) is 11.1 Å². The lowest BCUT2D eigenvalue weighted by molar-refractivity contribution is 0.0939. The van der Waals surface area contributed by atoms with Gasteiger partial charge in [0, 0.05) is 23.2 Å². The molecular formula is C18H36N2. The summed E-state index contributed by atoms with van der Waals surface area (Å²) in [5.41, 5.74) is 0.484. The Balaban J connectivity index is 2.04. The van der Waals surface area contributed by atoms with Gasteiger partial charge in [-0.2, -0.15) is 0 Å². The number of hydrogen-bond acceptors (Lipinski definition) is 2. The largest absolute Gasteiger partial charge is 0.311 e. The fourth-order valence-corrected chi connectivity index (χ4v) is 4.87. The van der Waals surface area contributed by atoms with Crippen LogP contribution >= 0.6 is 0 Å². The van der Waals surface area contributed by atoms with Crippen LogP contribution < -0.4 is 10.6 Å². The normalized spacial score (nSPS) is 41.5. The van der Waals surface area contributed by atoms with E-state index in [9.17, 15) is 0 Å². The molecule has 1 heterocycles. The molecule has 1 aliphatic carbocycles. The molecule has 4 atom stereocenters. The molecule has 0 spiro atoms. The lowest BCUT2D eigenvalue weighted by Gasteiger charge is -2.49. The van der Waals surface area contributed by atoms with Gasteiger partial charge in [0.15, 0.2) is 0 Å². The smallest absolute Gasteiger partial charge is 0.0144 e. The van der Waals surface area contributed by atoms with Gasteiger partial charge in [0.2, 0.25) is 0 Å². The first kappa shape index (κ1) is 16.3. The van der Waals surface area contributed by atoms with Crippen molar-refractivity contribution in [3.63, 3.8) is 0 Å². The van der Waals surface area contributed by atoms with Crippen molar-refractivity contribution in [1.82, 2.24) is 10.6 Å². The molecule has 4 unspecified atom stereocenters. The summed E-state index contributed by atoms with van der Waals surface area (Å²) in [4.78, 5) is 0. The van der Waals surface area contributed by atoms with Gasteiger partial charge in [-0.25, -0.2) is 0 Å². The van der Waals surface area contributed by atoms with E-state index in [0.717, 1.165) is 17.8 Å². The van der Waals surface area contributed by atoms with Gasteiger partial charge in [-0.1, -0.05) is 27.2 Å². The molecular weight excluding hydrogens is 244 g/mol. The molecule has 0 aromatic rings. The van der Waals surface area contributed by atoms with E-state index in [2.05, 4.69) is 59.1 Å². The van der Waals surface area contributed by atoms with Crippen molar-refractivity contribution in [2.45, 2.75) is 97.3 Å². The van der Waals surface area contributed by atoms with Gasteiger partial charge in [-0.05, 0) is 64.7 Å². The highest BCUT2D eigenvalue weighted by Crippen LogP contribution is 2.36. The Kier molecular flexibility index (Phi) is 4.57. The Bertz CT molecular complexity index is 318. The Labute approximate surface area is 126 Å². The van der Waals surface area contributed by atoms with Gasteiger partial charge >= 0.3 is 0 Å². The first-order valence-electron chi connectivity index (χ1n) is 8.65. The minimum atomic E-state index is 0.242. The number of nitrogens with one attached hydrogen (secondary N) is 2. The van der Waals surface area contributed by atoms with E-state index >= 15 is 0 Å². The monoisotopic (exact) mass is 280 g/mol. The van der Waals surface area contributed by atoms with E-state index in [1.807, 2.05) is 0 Å². The molecule has 0 aromatic carbocycles. The highest BCUT2D eigenvalue weighted by Gasteiger charge is 2.40. The van der Waals surface area contributed by atoms with E-state index in [4.69, 9.17) is 0 Å². The maximum Gasteiger partial charge on any atom is 0.0144 e. The van der Waals surface area contributed by atoms with Crippen molar-refractivity contribution in [1.29, 1.82) is 0 Å². The second-order valence-electron chi connectivity index (χ2n) is 9.08. The maximum atomic E-state index is 4.06. The molecule has 0 amide bonds. The molecule has 2 aliphatic rings. The SMILES string of the molecule is CC1CCC(C)C(NC2CC(C)(C)NC(C)(C)C2)C1C. The third kappa shape index (κ3) is 3.76. The van der Waals surface area contributed by atoms with Gasteiger partial charge in [0.25, 0.3) is 0 Å². The Morgan fingerprint density at radius 2 is 1.35 bits per heavy atom. The lowest BCUT2D eigenvalue weighted by atomic mass is 9.71. The van der Waals surface area contributed by atoms with Crippen molar-refractivity contribution in [3.8, 4) is 0 Å². The van der Waals surface area contributed by atoms with E-state index in [1.54, 1.807) is 0 Å². The van der Waals surface area contributed by atoms with Crippen LogP contribution in [0.3, 0.4) is 0 Å². The minimum Gasteiger partial charge on any atom is -0.311 e. The van der Waals surface area contributed by atoms with E-state index in [0.29, 0.717) is 12.1 Å². The highest BCUT2D eigenvalue weighted by atomic mass is 15.1. The van der Waals surface area contributed by atoms with Gasteiger partial charge < -0.3 is 10.6 Å². The van der Waals surface area contributed by atoms with Crippen molar-refractivity contribution >= 4 is 0 Å². The molecule has 20 heavy (non-hydrogen) atoms. The molecule has 1 aliphatic heterocycles. The molecule has 0 bridgehead atoms. The standard InChI is InChI=1S/C18H36N2/c1-12-8-9-13(2)16(14(12)3)19-15-10-17(4,5)20-18(6,7)11-15/h12-16,19-20H,8-11H2,1-7H3. The molecule has 2 fully saturated rings. The molecule has 0 radical (unpaired) electrons. The number of hydrogen-bond donors (Lipinski definition) is 2. The first-order valence-corrected chi connectivity index (χ1v) is 8.65. The zero-order valence-corrected chi connectivity index (χ0v) is 14.7. The van der Waals surface area contributed by atoms with Gasteiger partial charge in [0.05, 0.1) is 0 Å². The average molecular weight is 280 g/mol. The summed E-state index contributed by atoms with van der Waals surface area (Å²) >= 11 is 0. The van der Waals surface area contributed by atoms with Crippen LogP contribution in [0.2, 0.25) is 0 Å². The summed E-state index contributed by atoms with van der Waals surface area (Å²) in [7, 11) is 0. The fourth-order valence-electron chi connectivity index (χ4n) is 4.87. The summed E-state index contributed by atoms with van der Waals surface area (Å²) in [6.07, 6.45) is 5.27. The minimum absolute atomic E-state index is 0.242. The van der Waals surface area contributed by atoms with Crippen LogP contribution in [0.5, 0.6) is 0 Å². The zero-order chi connectivity index (χ0) is 15.1. The fraction of sp³-hybridized carbons (Fsp3) is 1.00. The Morgan fingerprint density at radius 1 is 0.850 bits per heavy atom. The number of piperidine rings is 1. The van der Waals surface area contributed by atoms with Crippen LogP contribution in [-0.4, -0.2) is 23.2 Å². The maximum absolute atomic E-state index is 4.06. The van der Waals surface area contributed by atoms with Crippen molar-refractivity contribution in [3.05, 3.63) is 0 Å². The Morgan fingerprint density at radius 3 is 1.90 bits per heavy atom. The molecule has 1 saturated heterocycles. The molecule has 118 valence electrons. The van der Waals surface area contributed by atoms with Crippen LogP contribution in [-0.2, 0) is 0 Å². The number of rotatable bonds is 2. The molecule has 0 aromatic heterocycles. The Hall–Kier alpha value is -0.0800. The summed E-state index contributed by atoms with van der Waals surface area (Å²) in [5.74, 6) is 2.49. The third-order valence-corrected chi connectivity index (χ3v) is 5.77. The predicted octanol–water partition coefficient (Wildman–Crippen LogP) is 3.96. The molecule has 2 heteroatoms. The summed E-state index contributed by atoms with van der Waals surface area (Å²) in [6.45, 7) is 16.7. The van der Waals surface area contributed by atoms with Crippen LogP contribution in [0.15, 0.2) is 0 Å². The van der Waals surface area contributed by atoms with Gasteiger partial charge in [-0.15, -0.1) is 0 Å². The van der Waals surface area contributed by atoms with E-state index < -0.39 is 0 Å². The lowest BCUT2D eigenvalue weighted by Crippen LogP contribution is -2.63. The molecule has 1 saturated carbocycles. The van der Waals surface area contributed by atoms with Gasteiger partial charge in [0.1, 0.15) is 0 Å². The van der Waals surface area contributed by atoms with Crippen LogP contribution in [0.4, 0.5) is 0 Å².